The van der Waals surface area contributed by atoms with E-state index in [4.69, 9.17) is 15.5 Å². The summed E-state index contributed by atoms with van der Waals surface area (Å²) in [6.07, 6.45) is 4.74. The zero-order valence-electron chi connectivity index (χ0n) is 19.8. The fourth-order valence-corrected chi connectivity index (χ4v) is 5.34. The number of amides is 2. The fourth-order valence-electron chi connectivity index (χ4n) is 4.41. The Kier molecular flexibility index (Phi) is 7.43. The lowest BCUT2D eigenvalue weighted by atomic mass is 9.89. The molecule has 180 valence electrons. The molecule has 0 saturated carbocycles. The Balaban J connectivity index is 1.55. The van der Waals surface area contributed by atoms with Gasteiger partial charge in [-0.05, 0) is 54.5 Å². The number of aryl methyl sites for hydroxylation is 1. The molecule has 2 atom stereocenters. The molecule has 1 saturated heterocycles. The highest BCUT2D eigenvalue weighted by molar-refractivity contribution is 7.18. The van der Waals surface area contributed by atoms with Gasteiger partial charge in [0.05, 0.1) is 39.8 Å². The highest BCUT2D eigenvalue weighted by Gasteiger charge is 2.34. The van der Waals surface area contributed by atoms with Crippen LogP contribution in [0.15, 0.2) is 30.5 Å². The molecule has 2 aromatic heterocycles. The topological polar surface area (TPSA) is 110 Å². The predicted molar refractivity (Wildman–Crippen MR) is 135 cm³/mol. The Morgan fingerprint density at radius 2 is 2.12 bits per heavy atom. The van der Waals surface area contributed by atoms with Gasteiger partial charge in [-0.3, -0.25) is 9.59 Å². The van der Waals surface area contributed by atoms with Gasteiger partial charge in [0, 0.05) is 20.1 Å². The average Bonchev–Trinajstić information content (AvgIpc) is 3.25. The van der Waals surface area contributed by atoms with E-state index in [0.717, 1.165) is 45.6 Å². The van der Waals surface area contributed by atoms with Crippen LogP contribution in [-0.4, -0.2) is 46.9 Å². The molecule has 0 spiro atoms. The monoisotopic (exact) mass is 481 g/mol. The highest BCUT2D eigenvalue weighted by atomic mass is 32.1. The van der Waals surface area contributed by atoms with E-state index in [-0.39, 0.29) is 6.04 Å². The number of nitrogens with zero attached hydrogens (tertiary/aromatic N) is 3. The van der Waals surface area contributed by atoms with E-state index in [0.29, 0.717) is 37.0 Å². The Morgan fingerprint density at radius 1 is 1.29 bits per heavy atom. The highest BCUT2D eigenvalue weighted by Crippen LogP contribution is 2.35. The zero-order chi connectivity index (χ0) is 24.2. The third-order valence-corrected chi connectivity index (χ3v) is 7.37. The van der Waals surface area contributed by atoms with Crippen LogP contribution in [0.25, 0.3) is 10.2 Å². The van der Waals surface area contributed by atoms with Crippen molar-refractivity contribution >= 4 is 44.9 Å². The van der Waals surface area contributed by atoms with Gasteiger partial charge in [0.15, 0.2) is 0 Å². The smallest absolute Gasteiger partial charge is 0.313 e. The standard InChI is InChI=1S/C25H31N5O3S/c1-4-16-11-18(13-27-23(16)26)28-24(31)25(32)30-14-15(2)5-7-20(30)17-6-8-21-19(12-17)29-22(34-21)9-10-33-3/h6,8,11-13,15,20H,4-5,7,9-10,14H2,1-3H3,(H2,26,27)(H,28,31)/t15-,20+/m0/s1. The molecular formula is C25H31N5O3S. The lowest BCUT2D eigenvalue weighted by Gasteiger charge is -2.38. The molecule has 0 radical (unpaired) electrons. The Morgan fingerprint density at radius 3 is 2.88 bits per heavy atom. The minimum Gasteiger partial charge on any atom is -0.384 e. The van der Waals surface area contributed by atoms with Crippen molar-refractivity contribution in [3.8, 4) is 0 Å². The number of nitrogens with one attached hydrogen (secondary N) is 1. The van der Waals surface area contributed by atoms with Gasteiger partial charge >= 0.3 is 11.8 Å². The number of anilines is 2. The van der Waals surface area contributed by atoms with Crippen molar-refractivity contribution in [2.75, 3.05) is 31.3 Å². The van der Waals surface area contributed by atoms with Crippen LogP contribution < -0.4 is 11.1 Å². The van der Waals surface area contributed by atoms with Crippen molar-refractivity contribution in [3.05, 3.63) is 46.6 Å². The van der Waals surface area contributed by atoms with Crippen molar-refractivity contribution in [1.29, 1.82) is 0 Å². The second-order valence-corrected chi connectivity index (χ2v) is 9.92. The number of aromatic nitrogens is 2. The van der Waals surface area contributed by atoms with Gasteiger partial charge in [0.2, 0.25) is 0 Å². The number of methoxy groups -OCH3 is 1. The number of carbonyl (C=O) groups is 2. The molecule has 3 N–H and O–H groups in total. The van der Waals surface area contributed by atoms with E-state index in [9.17, 15) is 9.59 Å². The third-order valence-electron chi connectivity index (χ3n) is 6.27. The summed E-state index contributed by atoms with van der Waals surface area (Å²) in [7, 11) is 1.68. The fraction of sp³-hybridized carbons (Fsp3) is 0.440. The number of rotatable bonds is 6. The van der Waals surface area contributed by atoms with Crippen molar-refractivity contribution in [3.63, 3.8) is 0 Å². The zero-order valence-corrected chi connectivity index (χ0v) is 20.7. The number of hydrogen-bond acceptors (Lipinski definition) is 7. The molecule has 1 aliphatic rings. The van der Waals surface area contributed by atoms with Crippen LogP contribution in [0, 0.1) is 5.92 Å². The number of pyridine rings is 1. The first-order chi connectivity index (χ1) is 16.4. The molecular weight excluding hydrogens is 450 g/mol. The lowest BCUT2D eigenvalue weighted by Crippen LogP contribution is -2.46. The Labute approximate surface area is 203 Å². The van der Waals surface area contributed by atoms with Crippen LogP contribution in [0.1, 0.15) is 48.9 Å². The number of ether oxygens (including phenoxy) is 1. The summed E-state index contributed by atoms with van der Waals surface area (Å²) in [5.41, 5.74) is 9.09. The first-order valence-electron chi connectivity index (χ1n) is 11.6. The van der Waals surface area contributed by atoms with Crippen LogP contribution in [0.4, 0.5) is 11.5 Å². The molecule has 0 aliphatic carbocycles. The van der Waals surface area contributed by atoms with E-state index in [1.807, 2.05) is 6.92 Å². The van der Waals surface area contributed by atoms with Crippen molar-refractivity contribution in [1.82, 2.24) is 14.9 Å². The summed E-state index contributed by atoms with van der Waals surface area (Å²) in [6.45, 7) is 5.24. The maximum absolute atomic E-state index is 13.3. The number of fused-ring (bicyclic) bond motifs is 1. The van der Waals surface area contributed by atoms with Gasteiger partial charge in [0.1, 0.15) is 5.82 Å². The SMILES string of the molecule is CCc1cc(NC(=O)C(=O)N2C[C@@H](C)CC[C@@H]2c2ccc3sc(CCOC)nc3c2)cnc1N. The number of nitrogens with two attached hydrogens (primary N) is 1. The van der Waals surface area contributed by atoms with E-state index in [1.54, 1.807) is 29.4 Å². The first-order valence-corrected chi connectivity index (χ1v) is 12.5. The van der Waals surface area contributed by atoms with Gasteiger partial charge in [-0.15, -0.1) is 11.3 Å². The predicted octanol–water partition coefficient (Wildman–Crippen LogP) is 3.96. The molecule has 3 aromatic rings. The van der Waals surface area contributed by atoms with Crippen molar-refractivity contribution in [2.45, 2.75) is 45.6 Å². The summed E-state index contributed by atoms with van der Waals surface area (Å²) < 4.78 is 6.28. The summed E-state index contributed by atoms with van der Waals surface area (Å²) in [4.78, 5) is 36.8. The second kappa shape index (κ2) is 10.5. The van der Waals surface area contributed by atoms with Crippen LogP contribution in [0.2, 0.25) is 0 Å². The molecule has 1 aromatic carbocycles. The molecule has 1 fully saturated rings. The summed E-state index contributed by atoms with van der Waals surface area (Å²) in [5.74, 6) is -0.448. The number of carbonyl (C=O) groups excluding carboxylic acids is 2. The van der Waals surface area contributed by atoms with Gasteiger partial charge in [-0.1, -0.05) is 19.9 Å². The molecule has 9 heteroatoms. The summed E-state index contributed by atoms with van der Waals surface area (Å²) in [5, 5.41) is 3.74. The minimum absolute atomic E-state index is 0.168. The number of likely N-dealkylation sites (tertiary alicyclic amines) is 1. The third kappa shape index (κ3) is 5.20. The summed E-state index contributed by atoms with van der Waals surface area (Å²) >= 11 is 1.66. The number of piperidine rings is 1. The quantitative estimate of drug-likeness (QED) is 0.516. The average molecular weight is 482 g/mol. The molecule has 1 aliphatic heterocycles. The van der Waals surface area contributed by atoms with Crippen molar-refractivity contribution < 1.29 is 14.3 Å². The second-order valence-electron chi connectivity index (χ2n) is 8.81. The number of hydrogen-bond donors (Lipinski definition) is 2. The molecule has 8 nitrogen and oxygen atoms in total. The Bertz CT molecular complexity index is 1190. The number of benzene rings is 1. The molecule has 34 heavy (non-hydrogen) atoms. The van der Waals surface area contributed by atoms with Crippen LogP contribution >= 0.6 is 11.3 Å². The maximum atomic E-state index is 13.3. The molecule has 0 bridgehead atoms. The van der Waals surface area contributed by atoms with Gasteiger partial charge < -0.3 is 20.7 Å². The minimum atomic E-state index is -0.663. The van der Waals surface area contributed by atoms with E-state index in [1.165, 1.54) is 6.20 Å². The number of thiazole rings is 1. The van der Waals surface area contributed by atoms with E-state index in [2.05, 4.69) is 35.4 Å². The van der Waals surface area contributed by atoms with Crippen LogP contribution in [-0.2, 0) is 27.2 Å². The molecule has 0 unspecified atom stereocenters. The van der Waals surface area contributed by atoms with E-state index < -0.39 is 11.8 Å². The van der Waals surface area contributed by atoms with Gasteiger partial charge in [-0.25, -0.2) is 9.97 Å². The normalized spacial score (nSPS) is 18.3. The van der Waals surface area contributed by atoms with Gasteiger partial charge in [-0.2, -0.15) is 0 Å². The van der Waals surface area contributed by atoms with Crippen molar-refractivity contribution in [2.24, 2.45) is 5.92 Å². The van der Waals surface area contributed by atoms with Gasteiger partial charge in [0.25, 0.3) is 0 Å². The van der Waals surface area contributed by atoms with Crippen LogP contribution in [0.5, 0.6) is 0 Å². The molecule has 3 heterocycles. The van der Waals surface area contributed by atoms with E-state index >= 15 is 0 Å². The molecule has 4 rings (SSSR count). The summed E-state index contributed by atoms with van der Waals surface area (Å²) in [6, 6.07) is 7.76. The largest absolute Gasteiger partial charge is 0.384 e. The Hall–Kier alpha value is -3.04. The lowest BCUT2D eigenvalue weighted by molar-refractivity contribution is -0.146. The first kappa shape index (κ1) is 24.1. The number of nitrogen functional groups attached to an aromatic ring is 1. The molecule has 2 amide bonds. The van der Waals surface area contributed by atoms with Crippen LogP contribution in [0.3, 0.4) is 0 Å². The maximum Gasteiger partial charge on any atom is 0.313 e.